The first-order valence-corrected chi connectivity index (χ1v) is 14.1. The Balaban J connectivity index is 1.33. The van der Waals surface area contributed by atoms with E-state index in [-0.39, 0.29) is 11.9 Å². The van der Waals surface area contributed by atoms with Crippen molar-refractivity contribution in [3.05, 3.63) is 64.8 Å². The fourth-order valence-corrected chi connectivity index (χ4v) is 6.10. The Morgan fingerprint density at radius 3 is 2.75 bits per heavy atom. The highest BCUT2D eigenvalue weighted by Crippen LogP contribution is 2.30. The summed E-state index contributed by atoms with van der Waals surface area (Å²) >= 11 is 1.77. The van der Waals surface area contributed by atoms with E-state index in [2.05, 4.69) is 58.1 Å². The molecule has 1 saturated heterocycles. The van der Waals surface area contributed by atoms with Crippen LogP contribution in [0.15, 0.2) is 53.1 Å². The second-order valence-electron chi connectivity index (χ2n) is 9.82. The SMILES string of the molecule is CCCCc1ccc(-c2cc(Cn3c(C(=O)NC4CCN(CCC)CC4)cc4ccccc43)no2)s1. The van der Waals surface area contributed by atoms with E-state index in [0.29, 0.717) is 12.2 Å². The Bertz CT molecular complexity index is 1300. The van der Waals surface area contributed by atoms with Crippen LogP contribution in [-0.4, -0.2) is 46.2 Å². The minimum atomic E-state index is -0.0114. The van der Waals surface area contributed by atoms with Gasteiger partial charge in [-0.3, -0.25) is 4.79 Å². The Kier molecular flexibility index (Phi) is 7.87. The lowest BCUT2D eigenvalue weighted by atomic mass is 10.0. The number of nitrogens with one attached hydrogen (secondary N) is 1. The molecule has 3 aromatic heterocycles. The average molecular weight is 505 g/mol. The largest absolute Gasteiger partial charge is 0.355 e. The molecular weight excluding hydrogens is 468 g/mol. The van der Waals surface area contributed by atoms with E-state index in [0.717, 1.165) is 66.1 Å². The molecule has 5 rings (SSSR count). The van der Waals surface area contributed by atoms with E-state index in [1.807, 2.05) is 24.3 Å². The number of carbonyl (C=O) groups is 1. The summed E-state index contributed by atoms with van der Waals surface area (Å²) in [6, 6.07) is 16.7. The minimum Gasteiger partial charge on any atom is -0.355 e. The first kappa shape index (κ1) is 24.8. The predicted octanol–water partition coefficient (Wildman–Crippen LogP) is 6.35. The third-order valence-electron chi connectivity index (χ3n) is 7.07. The quantitative estimate of drug-likeness (QED) is 0.273. The number of hydrogen-bond donors (Lipinski definition) is 1. The summed E-state index contributed by atoms with van der Waals surface area (Å²) in [4.78, 5) is 18.4. The normalized spacial score (nSPS) is 15.1. The molecule has 1 N–H and O–H groups in total. The molecule has 0 bridgehead atoms. The number of para-hydroxylation sites is 1. The molecule has 0 saturated carbocycles. The van der Waals surface area contributed by atoms with Crippen LogP contribution in [0, 0.1) is 0 Å². The van der Waals surface area contributed by atoms with Crippen molar-refractivity contribution >= 4 is 28.1 Å². The molecule has 0 aliphatic carbocycles. The molecule has 7 heteroatoms. The van der Waals surface area contributed by atoms with E-state index in [4.69, 9.17) is 4.52 Å². The van der Waals surface area contributed by atoms with Gasteiger partial charge in [-0.05, 0) is 62.9 Å². The van der Waals surface area contributed by atoms with Crippen molar-refractivity contribution in [3.8, 4) is 10.6 Å². The summed E-state index contributed by atoms with van der Waals surface area (Å²) in [5, 5.41) is 8.73. The van der Waals surface area contributed by atoms with Gasteiger partial charge in [-0.15, -0.1) is 11.3 Å². The summed E-state index contributed by atoms with van der Waals surface area (Å²) in [6.07, 6.45) is 6.67. The number of nitrogens with zero attached hydrogens (tertiary/aromatic N) is 3. The molecule has 6 nitrogen and oxygen atoms in total. The fourth-order valence-electron chi connectivity index (χ4n) is 5.11. The lowest BCUT2D eigenvalue weighted by Gasteiger charge is -2.32. The highest BCUT2D eigenvalue weighted by Gasteiger charge is 2.23. The van der Waals surface area contributed by atoms with Crippen LogP contribution < -0.4 is 5.32 Å². The van der Waals surface area contributed by atoms with Gasteiger partial charge in [-0.25, -0.2) is 0 Å². The number of thiophene rings is 1. The molecule has 190 valence electrons. The van der Waals surface area contributed by atoms with Crippen molar-refractivity contribution in [2.24, 2.45) is 0 Å². The zero-order chi connectivity index (χ0) is 24.9. The van der Waals surface area contributed by atoms with E-state index in [9.17, 15) is 4.79 Å². The van der Waals surface area contributed by atoms with Gasteiger partial charge in [0.1, 0.15) is 11.4 Å². The number of rotatable bonds is 10. The Labute approximate surface area is 217 Å². The van der Waals surface area contributed by atoms with E-state index < -0.39 is 0 Å². The van der Waals surface area contributed by atoms with Gasteiger partial charge in [0, 0.05) is 41.0 Å². The molecule has 4 aromatic rings. The number of fused-ring (bicyclic) bond motifs is 1. The van der Waals surface area contributed by atoms with Crippen LogP contribution in [0.2, 0.25) is 0 Å². The highest BCUT2D eigenvalue weighted by molar-refractivity contribution is 7.15. The van der Waals surface area contributed by atoms with E-state index in [1.165, 1.54) is 24.1 Å². The topological polar surface area (TPSA) is 63.3 Å². The van der Waals surface area contributed by atoms with Crippen LogP contribution in [0.3, 0.4) is 0 Å². The van der Waals surface area contributed by atoms with Crippen molar-refractivity contribution < 1.29 is 9.32 Å². The monoisotopic (exact) mass is 504 g/mol. The number of likely N-dealkylation sites (tertiary alicyclic amines) is 1. The summed E-state index contributed by atoms with van der Waals surface area (Å²) in [5.74, 6) is 0.779. The second-order valence-corrected chi connectivity index (χ2v) is 11.0. The van der Waals surface area contributed by atoms with E-state index >= 15 is 0 Å². The Morgan fingerprint density at radius 1 is 1.11 bits per heavy atom. The van der Waals surface area contributed by atoms with Crippen molar-refractivity contribution in [1.29, 1.82) is 0 Å². The molecular formula is C29H36N4O2S. The first-order chi connectivity index (χ1) is 17.6. The van der Waals surface area contributed by atoms with Crippen LogP contribution in [-0.2, 0) is 13.0 Å². The summed E-state index contributed by atoms with van der Waals surface area (Å²) in [6.45, 7) is 8.16. The zero-order valence-corrected chi connectivity index (χ0v) is 22.2. The van der Waals surface area contributed by atoms with Gasteiger partial charge in [0.15, 0.2) is 5.76 Å². The molecule has 0 radical (unpaired) electrons. The van der Waals surface area contributed by atoms with Gasteiger partial charge in [0.25, 0.3) is 5.91 Å². The van der Waals surface area contributed by atoms with Crippen LogP contribution in [0.4, 0.5) is 0 Å². The maximum atomic E-state index is 13.4. The average Bonchev–Trinajstić information content (AvgIpc) is 3.63. The van der Waals surface area contributed by atoms with Gasteiger partial charge in [0.2, 0.25) is 0 Å². The maximum absolute atomic E-state index is 13.4. The molecule has 0 unspecified atom stereocenters. The van der Waals surface area contributed by atoms with Crippen molar-refractivity contribution in [2.75, 3.05) is 19.6 Å². The summed E-state index contributed by atoms with van der Waals surface area (Å²) in [5.41, 5.74) is 2.52. The molecule has 1 aliphatic rings. The van der Waals surface area contributed by atoms with Crippen LogP contribution in [0.1, 0.15) is 67.0 Å². The lowest BCUT2D eigenvalue weighted by molar-refractivity contribution is 0.0902. The molecule has 1 fully saturated rings. The van der Waals surface area contributed by atoms with Gasteiger partial charge in [0.05, 0.1) is 11.4 Å². The first-order valence-electron chi connectivity index (χ1n) is 13.3. The van der Waals surface area contributed by atoms with Crippen LogP contribution in [0.25, 0.3) is 21.5 Å². The zero-order valence-electron chi connectivity index (χ0n) is 21.3. The Hall–Kier alpha value is -2.90. The standard InChI is InChI=1S/C29H36N4O2S/c1-3-5-9-24-11-12-28(36-24)27-19-23(31-35-27)20-33-25-10-7-6-8-21(25)18-26(33)29(34)30-22-13-16-32(15-4-2)17-14-22/h6-8,10-12,18-19,22H,3-5,9,13-17,20H2,1-2H3,(H,30,34). The number of hydrogen-bond acceptors (Lipinski definition) is 5. The number of aromatic nitrogens is 2. The number of benzene rings is 1. The van der Waals surface area contributed by atoms with Gasteiger partial charge < -0.3 is 19.3 Å². The molecule has 36 heavy (non-hydrogen) atoms. The molecule has 0 spiro atoms. The van der Waals surface area contributed by atoms with Gasteiger partial charge in [-0.2, -0.15) is 0 Å². The number of unbranched alkanes of at least 4 members (excludes halogenated alkanes) is 1. The summed E-state index contributed by atoms with van der Waals surface area (Å²) < 4.78 is 7.79. The Morgan fingerprint density at radius 2 is 1.94 bits per heavy atom. The molecule has 1 aromatic carbocycles. The molecule has 4 heterocycles. The van der Waals surface area contributed by atoms with Crippen molar-refractivity contribution in [1.82, 2.24) is 19.9 Å². The summed E-state index contributed by atoms with van der Waals surface area (Å²) in [7, 11) is 0. The maximum Gasteiger partial charge on any atom is 0.268 e. The second kappa shape index (κ2) is 11.4. The van der Waals surface area contributed by atoms with Crippen LogP contribution >= 0.6 is 11.3 Å². The lowest BCUT2D eigenvalue weighted by Crippen LogP contribution is -2.45. The van der Waals surface area contributed by atoms with E-state index in [1.54, 1.807) is 11.3 Å². The van der Waals surface area contributed by atoms with Crippen molar-refractivity contribution in [3.63, 3.8) is 0 Å². The molecule has 1 aliphatic heterocycles. The van der Waals surface area contributed by atoms with Crippen LogP contribution in [0.5, 0.6) is 0 Å². The van der Waals surface area contributed by atoms with Gasteiger partial charge >= 0.3 is 0 Å². The highest BCUT2D eigenvalue weighted by atomic mass is 32.1. The molecule has 0 atom stereocenters. The third-order valence-corrected chi connectivity index (χ3v) is 8.23. The number of carbonyl (C=O) groups excluding carboxylic acids is 1. The number of piperidine rings is 1. The predicted molar refractivity (Wildman–Crippen MR) is 147 cm³/mol. The number of aryl methyl sites for hydroxylation is 1. The van der Waals surface area contributed by atoms with Crippen molar-refractivity contribution in [2.45, 2.75) is 65.0 Å². The molecule has 1 amide bonds. The van der Waals surface area contributed by atoms with Gasteiger partial charge in [-0.1, -0.05) is 43.6 Å². The number of amides is 1. The smallest absolute Gasteiger partial charge is 0.268 e. The fraction of sp³-hybridized carbons (Fsp3) is 0.448. The third kappa shape index (κ3) is 5.57. The minimum absolute atomic E-state index is 0.0114.